The first-order chi connectivity index (χ1) is 18.5. The summed E-state index contributed by atoms with van der Waals surface area (Å²) in [6.45, 7) is 0. The van der Waals surface area contributed by atoms with E-state index in [0.29, 0.717) is 21.2 Å². The van der Waals surface area contributed by atoms with Crippen LogP contribution in [0.1, 0.15) is 0 Å². The van der Waals surface area contributed by atoms with Gasteiger partial charge in [-0.05, 0) is 0 Å². The topological polar surface area (TPSA) is 3.24 Å². The molecule has 190 valence electrons. The molecule has 1 nitrogen and oxygen atoms in total. The quantitative estimate of drug-likeness (QED) is 0.0890. The summed E-state index contributed by atoms with van der Waals surface area (Å²) in [6.07, 6.45) is 0. The lowest BCUT2D eigenvalue weighted by Crippen LogP contribution is -2.33. The minimum absolute atomic E-state index is 0.692. The van der Waals surface area contributed by atoms with E-state index in [2.05, 4.69) is 0 Å². The Morgan fingerprint density at radius 2 is 0.579 bits per heavy atom. The summed E-state index contributed by atoms with van der Waals surface area (Å²) >= 11 is 0. The van der Waals surface area contributed by atoms with Gasteiger partial charge in [-0.1, -0.05) is 121 Å². The second-order valence-corrected chi connectivity index (χ2v) is 12.6. The molecule has 0 aromatic heterocycles. The van der Waals surface area contributed by atoms with Crippen molar-refractivity contribution >= 4 is 43.1 Å². The third-order valence-corrected chi connectivity index (χ3v) is 11.1. The van der Waals surface area contributed by atoms with Gasteiger partial charge in [-0.2, -0.15) is 0 Å². The molecule has 0 aliphatic rings. The molecule has 5 aromatic rings. The fraction of sp³-hybridized carbons (Fsp3) is 0. The van der Waals surface area contributed by atoms with Gasteiger partial charge in [-0.3, -0.25) is 0 Å². The number of hydrogen-bond acceptors (Lipinski definition) is 1. The highest BCUT2D eigenvalue weighted by molar-refractivity contribution is 7.90. The molecule has 0 N–H and O–H groups in total. The highest BCUT2D eigenvalue weighted by Crippen LogP contribution is 2.58. The van der Waals surface area contributed by atoms with E-state index in [4.69, 9.17) is 0 Å². The summed E-state index contributed by atoms with van der Waals surface area (Å²) in [7, 11) is -3.64. The highest BCUT2D eigenvalue weighted by atomic mass is 31.2. The monoisotopic (exact) mass is 551 g/mol. The van der Waals surface area contributed by atoms with Gasteiger partial charge in [0.15, 0.2) is 23.3 Å². The van der Waals surface area contributed by atoms with Crippen LogP contribution in [-0.4, -0.2) is 0 Å². The average Bonchev–Trinajstić information content (AvgIpc) is 2.97. The van der Waals surface area contributed by atoms with E-state index in [1.54, 1.807) is 97.1 Å². The van der Waals surface area contributed by atoms with E-state index < -0.39 is 50.9 Å². The molecule has 5 rings (SSSR count). The van der Waals surface area contributed by atoms with Crippen LogP contribution < -0.4 is 25.7 Å². The van der Waals surface area contributed by atoms with Gasteiger partial charge in [0.2, 0.25) is 5.82 Å². The summed E-state index contributed by atoms with van der Waals surface area (Å²) in [4.78, 5) is 0. The second kappa shape index (κ2) is 11.4. The van der Waals surface area contributed by atoms with Crippen molar-refractivity contribution in [2.45, 2.75) is 0 Å². The summed E-state index contributed by atoms with van der Waals surface area (Å²) in [5.41, 5.74) is -0.945. The van der Waals surface area contributed by atoms with Gasteiger partial charge in [0, 0.05) is 21.2 Å². The Labute approximate surface area is 219 Å². The van der Waals surface area contributed by atoms with Crippen LogP contribution in [-0.2, 0) is 0 Å². The van der Waals surface area contributed by atoms with Crippen LogP contribution in [0.25, 0.3) is 0 Å². The van der Waals surface area contributed by atoms with Crippen molar-refractivity contribution in [2.75, 3.05) is 4.44 Å². The number of nitrogens with zero attached hydrogens (tertiary/aromatic N) is 1. The minimum atomic E-state index is -2.18. The summed E-state index contributed by atoms with van der Waals surface area (Å²) in [6, 6.07) is 36.0. The zero-order valence-corrected chi connectivity index (χ0v) is 21.6. The Balaban J connectivity index is 1.91. The Hall–Kier alpha value is -3.59. The van der Waals surface area contributed by atoms with Crippen molar-refractivity contribution in [3.05, 3.63) is 150 Å². The molecule has 0 bridgehead atoms. The summed E-state index contributed by atoms with van der Waals surface area (Å²) < 4.78 is 76.5. The fourth-order valence-corrected chi connectivity index (χ4v) is 10.1. The van der Waals surface area contributed by atoms with Crippen LogP contribution in [0.3, 0.4) is 0 Å². The predicted octanol–water partition coefficient (Wildman–Crippen LogP) is 7.28. The van der Waals surface area contributed by atoms with Crippen molar-refractivity contribution in [3.63, 3.8) is 0 Å². The van der Waals surface area contributed by atoms with E-state index in [9.17, 15) is 13.2 Å². The van der Waals surface area contributed by atoms with E-state index in [0.717, 1.165) is 0 Å². The molecular formula is C30H20F5NP2. The van der Waals surface area contributed by atoms with Gasteiger partial charge in [0.1, 0.15) is 5.69 Å². The maximum atomic E-state index is 15.7. The molecule has 8 heteroatoms. The molecule has 38 heavy (non-hydrogen) atoms. The normalized spacial score (nSPS) is 11.2. The third kappa shape index (κ3) is 4.95. The van der Waals surface area contributed by atoms with Crippen LogP contribution in [0.2, 0.25) is 0 Å². The second-order valence-electron chi connectivity index (χ2n) is 8.17. The van der Waals surface area contributed by atoms with Gasteiger partial charge < -0.3 is 4.44 Å². The number of benzene rings is 5. The zero-order chi connectivity index (χ0) is 26.6. The smallest absolute Gasteiger partial charge is 0.200 e. The minimum Gasteiger partial charge on any atom is -0.308 e. The molecule has 0 aliphatic carbocycles. The van der Waals surface area contributed by atoms with Crippen LogP contribution in [0.5, 0.6) is 0 Å². The summed E-state index contributed by atoms with van der Waals surface area (Å²) in [5, 5.41) is 2.77. The number of halogens is 5. The zero-order valence-electron chi connectivity index (χ0n) is 19.8. The first-order valence-corrected chi connectivity index (χ1v) is 14.2. The van der Waals surface area contributed by atoms with Crippen molar-refractivity contribution in [1.82, 2.24) is 0 Å². The fourth-order valence-electron chi connectivity index (χ4n) is 4.07. The Kier molecular flexibility index (Phi) is 7.83. The lowest BCUT2D eigenvalue weighted by atomic mass is 10.2. The van der Waals surface area contributed by atoms with Crippen molar-refractivity contribution < 1.29 is 22.0 Å². The van der Waals surface area contributed by atoms with Gasteiger partial charge in [-0.25, -0.2) is 22.0 Å². The largest absolute Gasteiger partial charge is 0.308 e. The lowest BCUT2D eigenvalue weighted by Gasteiger charge is -2.40. The molecule has 0 heterocycles. The molecule has 0 spiro atoms. The first kappa shape index (κ1) is 26.0. The molecule has 0 aliphatic heterocycles. The van der Waals surface area contributed by atoms with Crippen LogP contribution in [0.4, 0.5) is 27.6 Å². The molecule has 0 unspecified atom stereocenters. The van der Waals surface area contributed by atoms with Crippen LogP contribution >= 0.6 is 16.1 Å². The lowest BCUT2D eigenvalue weighted by molar-refractivity contribution is 0.381. The van der Waals surface area contributed by atoms with Crippen molar-refractivity contribution in [3.8, 4) is 0 Å². The number of hydrogen-bond donors (Lipinski definition) is 0. The SMILES string of the molecule is Fc1c(F)c(F)c(N(P(c2ccccc2)c2ccccc2)P(c2ccccc2)c2ccccc2)c(F)c1F. The Morgan fingerprint density at radius 1 is 0.342 bits per heavy atom. The van der Waals surface area contributed by atoms with E-state index in [-0.39, 0.29) is 0 Å². The molecule has 5 aromatic carbocycles. The third-order valence-electron chi connectivity index (χ3n) is 5.77. The number of rotatable bonds is 7. The predicted molar refractivity (Wildman–Crippen MR) is 147 cm³/mol. The van der Waals surface area contributed by atoms with Gasteiger partial charge >= 0.3 is 0 Å². The maximum absolute atomic E-state index is 15.7. The van der Waals surface area contributed by atoms with E-state index >= 15 is 8.78 Å². The molecule has 0 amide bonds. The maximum Gasteiger partial charge on any atom is 0.200 e. The van der Waals surface area contributed by atoms with Crippen LogP contribution in [0.15, 0.2) is 121 Å². The van der Waals surface area contributed by atoms with Crippen molar-refractivity contribution in [1.29, 1.82) is 0 Å². The van der Waals surface area contributed by atoms with Crippen molar-refractivity contribution in [2.24, 2.45) is 0 Å². The van der Waals surface area contributed by atoms with Gasteiger partial charge in [0.05, 0.1) is 16.1 Å². The standard InChI is InChI=1S/C30H20F5NP2/c31-25-26(32)28(34)30(29(35)27(25)33)36(37(21-13-5-1-6-14-21)22-15-7-2-8-16-22)38(23-17-9-3-10-18-23)24-19-11-4-12-20-24/h1-20H. The summed E-state index contributed by atoms with van der Waals surface area (Å²) in [5.74, 6) is -9.86. The van der Waals surface area contributed by atoms with Gasteiger partial charge in [-0.15, -0.1) is 0 Å². The molecule has 0 atom stereocenters. The average molecular weight is 551 g/mol. The Bertz CT molecular complexity index is 1330. The first-order valence-electron chi connectivity index (χ1n) is 11.6. The Morgan fingerprint density at radius 3 is 0.842 bits per heavy atom. The molecule has 0 radical (unpaired) electrons. The molecule has 0 saturated carbocycles. The van der Waals surface area contributed by atoms with Gasteiger partial charge in [0.25, 0.3) is 0 Å². The number of anilines is 1. The highest BCUT2D eigenvalue weighted by Gasteiger charge is 2.39. The van der Waals surface area contributed by atoms with E-state index in [1.165, 1.54) is 4.44 Å². The van der Waals surface area contributed by atoms with Crippen LogP contribution in [0, 0.1) is 29.1 Å². The molecular weight excluding hydrogens is 531 g/mol. The van der Waals surface area contributed by atoms with E-state index in [1.807, 2.05) is 24.3 Å². The molecule has 0 saturated heterocycles. The molecule has 0 fully saturated rings.